The van der Waals surface area contributed by atoms with Gasteiger partial charge in [0.25, 0.3) is 5.91 Å². The molecule has 1 atom stereocenters. The zero-order valence-corrected chi connectivity index (χ0v) is 24.8. The van der Waals surface area contributed by atoms with Gasteiger partial charge in [-0.3, -0.25) is 9.69 Å². The zero-order valence-electron chi connectivity index (χ0n) is 24.0. The molecule has 10 heteroatoms. The minimum atomic E-state index is -3.14. The van der Waals surface area contributed by atoms with Gasteiger partial charge < -0.3 is 9.32 Å². The van der Waals surface area contributed by atoms with Crippen LogP contribution in [-0.2, 0) is 9.84 Å². The van der Waals surface area contributed by atoms with Crippen molar-refractivity contribution in [1.82, 2.24) is 24.6 Å². The maximum atomic E-state index is 14.3. The van der Waals surface area contributed by atoms with E-state index >= 15 is 0 Å². The third-order valence-electron chi connectivity index (χ3n) is 8.59. The number of aryl methyl sites for hydroxylation is 1. The van der Waals surface area contributed by atoms with Crippen LogP contribution in [0, 0.1) is 6.92 Å². The highest BCUT2D eigenvalue weighted by Crippen LogP contribution is 2.34. The van der Waals surface area contributed by atoms with Crippen LogP contribution >= 0.6 is 0 Å². The summed E-state index contributed by atoms with van der Waals surface area (Å²) in [6, 6.07) is 26.1. The minimum absolute atomic E-state index is 0.0190. The maximum absolute atomic E-state index is 14.3. The topological polar surface area (TPSA) is 102 Å². The summed E-state index contributed by atoms with van der Waals surface area (Å²) in [6.07, 6.45) is 2.05. The van der Waals surface area contributed by atoms with Crippen molar-refractivity contribution >= 4 is 26.8 Å². The molecule has 2 aliphatic heterocycles. The predicted octanol–water partition coefficient (Wildman–Crippen LogP) is 4.91. The van der Waals surface area contributed by atoms with Gasteiger partial charge in [0.2, 0.25) is 0 Å². The fraction of sp³-hybridized carbons (Fsp3) is 0.303. The van der Waals surface area contributed by atoms with Crippen LogP contribution in [-0.4, -0.2) is 76.6 Å². The Kier molecular flexibility index (Phi) is 7.10. The van der Waals surface area contributed by atoms with Gasteiger partial charge in [-0.05, 0) is 42.7 Å². The van der Waals surface area contributed by atoms with Crippen LogP contribution in [0.5, 0.6) is 0 Å². The van der Waals surface area contributed by atoms with Crippen LogP contribution in [0.25, 0.3) is 22.5 Å². The molecule has 220 valence electrons. The number of carbonyl (C=O) groups is 1. The number of nitrogens with zero attached hydrogens (tertiary/aromatic N) is 5. The lowest BCUT2D eigenvalue weighted by Crippen LogP contribution is -2.50. The van der Waals surface area contributed by atoms with E-state index in [9.17, 15) is 13.2 Å². The Labute approximate surface area is 250 Å². The number of pyridine rings is 1. The summed E-state index contributed by atoms with van der Waals surface area (Å²) in [6.45, 7) is 4.44. The number of rotatable bonds is 6. The third kappa shape index (κ3) is 5.25. The molecule has 7 rings (SSSR count). The van der Waals surface area contributed by atoms with Crippen LogP contribution in [0.2, 0.25) is 0 Å². The summed E-state index contributed by atoms with van der Waals surface area (Å²) < 4.78 is 32.0. The van der Waals surface area contributed by atoms with E-state index in [1.807, 2.05) is 30.0 Å². The van der Waals surface area contributed by atoms with Crippen molar-refractivity contribution in [1.29, 1.82) is 0 Å². The molecule has 0 saturated carbocycles. The average Bonchev–Trinajstić information content (AvgIpc) is 3.77. The number of benzene rings is 2. The Hall–Kier alpha value is -4.28. The van der Waals surface area contributed by atoms with Gasteiger partial charge in [0.1, 0.15) is 5.69 Å². The number of fused-ring (bicyclic) bond motifs is 1. The van der Waals surface area contributed by atoms with Crippen molar-refractivity contribution in [3.63, 3.8) is 0 Å². The molecule has 2 saturated heterocycles. The second-order valence-corrected chi connectivity index (χ2v) is 13.6. The molecular weight excluding hydrogens is 562 g/mol. The number of carbonyl (C=O) groups excluding carboxylic acids is 1. The Balaban J connectivity index is 1.21. The van der Waals surface area contributed by atoms with Crippen molar-refractivity contribution in [3.05, 3.63) is 108 Å². The van der Waals surface area contributed by atoms with Crippen LogP contribution in [0.4, 0.5) is 0 Å². The van der Waals surface area contributed by atoms with Gasteiger partial charge >= 0.3 is 0 Å². The second-order valence-electron chi connectivity index (χ2n) is 11.4. The number of hydrogen-bond donors (Lipinski definition) is 0. The van der Waals surface area contributed by atoms with Gasteiger partial charge in [-0.2, -0.15) is 5.10 Å². The van der Waals surface area contributed by atoms with E-state index in [0.717, 1.165) is 13.1 Å². The van der Waals surface area contributed by atoms with Crippen molar-refractivity contribution in [2.45, 2.75) is 25.4 Å². The van der Waals surface area contributed by atoms with Gasteiger partial charge in [0.05, 0.1) is 46.5 Å². The largest absolute Gasteiger partial charge is 0.463 e. The van der Waals surface area contributed by atoms with Gasteiger partial charge in [-0.15, -0.1) is 0 Å². The lowest BCUT2D eigenvalue weighted by molar-refractivity contribution is 0.0599. The molecule has 0 aliphatic carbocycles. The molecule has 5 aromatic rings. The molecule has 0 spiro atoms. The molecule has 0 bridgehead atoms. The fourth-order valence-electron chi connectivity index (χ4n) is 6.49. The third-order valence-corrected chi connectivity index (χ3v) is 10.3. The Morgan fingerprint density at radius 1 is 0.930 bits per heavy atom. The number of furan rings is 1. The quantitative estimate of drug-likeness (QED) is 0.275. The molecule has 0 N–H and O–H groups in total. The standard InChI is InChI=1S/C33H33N5O4S/c1-23-30-27(21-28(29-13-8-19-42-29)34-32(30)38(35-23)26-14-20-43(40,41)22-26)33(39)37-17-15-36(16-18-37)31(24-9-4-2-5-10-24)25-11-6-3-7-12-25/h2-13,19,21,26,31H,14-18,20,22H2,1H3. The van der Waals surface area contributed by atoms with E-state index in [-0.39, 0.29) is 29.5 Å². The molecule has 2 aromatic carbocycles. The molecule has 9 nitrogen and oxygen atoms in total. The first-order chi connectivity index (χ1) is 20.9. The Morgan fingerprint density at radius 3 is 2.19 bits per heavy atom. The molecule has 2 fully saturated rings. The molecule has 1 unspecified atom stereocenters. The summed E-state index contributed by atoms with van der Waals surface area (Å²) in [5.41, 5.74) is 4.66. The van der Waals surface area contributed by atoms with Gasteiger partial charge in [0, 0.05) is 26.2 Å². The van der Waals surface area contributed by atoms with E-state index in [0.29, 0.717) is 53.3 Å². The number of hydrogen-bond acceptors (Lipinski definition) is 7. The lowest BCUT2D eigenvalue weighted by atomic mass is 9.96. The normalized spacial score (nSPS) is 18.9. The first-order valence-corrected chi connectivity index (χ1v) is 16.5. The minimum Gasteiger partial charge on any atom is -0.463 e. The summed E-state index contributed by atoms with van der Waals surface area (Å²) in [4.78, 5) is 23.5. The Morgan fingerprint density at radius 2 is 1.60 bits per heavy atom. The molecule has 5 heterocycles. The van der Waals surface area contributed by atoms with Gasteiger partial charge in [-0.25, -0.2) is 18.1 Å². The van der Waals surface area contributed by atoms with Crippen molar-refractivity contribution in [2.24, 2.45) is 0 Å². The molecule has 1 amide bonds. The van der Waals surface area contributed by atoms with Crippen LogP contribution in [0.15, 0.2) is 89.5 Å². The maximum Gasteiger partial charge on any atom is 0.254 e. The van der Waals surface area contributed by atoms with Crippen molar-refractivity contribution in [2.75, 3.05) is 37.7 Å². The van der Waals surface area contributed by atoms with Crippen LogP contribution in [0.1, 0.15) is 45.7 Å². The average molecular weight is 596 g/mol. The first-order valence-electron chi connectivity index (χ1n) is 14.7. The highest BCUT2D eigenvalue weighted by Gasteiger charge is 2.34. The highest BCUT2D eigenvalue weighted by atomic mass is 32.2. The van der Waals surface area contributed by atoms with E-state index in [1.54, 1.807) is 23.1 Å². The number of piperazine rings is 1. The van der Waals surface area contributed by atoms with Crippen LogP contribution in [0.3, 0.4) is 0 Å². The van der Waals surface area contributed by atoms with E-state index in [4.69, 9.17) is 14.5 Å². The summed E-state index contributed by atoms with van der Waals surface area (Å²) in [5.74, 6) is 0.598. The van der Waals surface area contributed by atoms with E-state index in [2.05, 4.69) is 53.4 Å². The number of sulfone groups is 1. The summed E-state index contributed by atoms with van der Waals surface area (Å²) in [7, 11) is -3.14. The predicted molar refractivity (Wildman–Crippen MR) is 164 cm³/mol. The molecule has 43 heavy (non-hydrogen) atoms. The molecule has 2 aliphatic rings. The van der Waals surface area contributed by atoms with Gasteiger partial charge in [0.15, 0.2) is 21.2 Å². The Bertz CT molecular complexity index is 1820. The lowest BCUT2D eigenvalue weighted by Gasteiger charge is -2.40. The monoisotopic (exact) mass is 595 g/mol. The van der Waals surface area contributed by atoms with E-state index in [1.165, 1.54) is 11.1 Å². The van der Waals surface area contributed by atoms with Gasteiger partial charge in [-0.1, -0.05) is 60.7 Å². The van der Waals surface area contributed by atoms with Crippen molar-refractivity contribution in [3.8, 4) is 11.5 Å². The molecular formula is C33H33N5O4S. The fourth-order valence-corrected chi connectivity index (χ4v) is 8.19. The van der Waals surface area contributed by atoms with E-state index < -0.39 is 9.84 Å². The number of amides is 1. The first kappa shape index (κ1) is 27.5. The van der Waals surface area contributed by atoms with Crippen molar-refractivity contribution < 1.29 is 17.6 Å². The SMILES string of the molecule is Cc1nn(C2CCS(=O)(=O)C2)c2nc(-c3ccco3)cc(C(=O)N3CCN(C(c4ccccc4)c4ccccc4)CC3)c12. The number of aromatic nitrogens is 3. The summed E-state index contributed by atoms with van der Waals surface area (Å²) >= 11 is 0. The smallest absolute Gasteiger partial charge is 0.254 e. The summed E-state index contributed by atoms with van der Waals surface area (Å²) in [5, 5.41) is 5.40. The molecule has 0 radical (unpaired) electrons. The van der Waals surface area contributed by atoms with Crippen LogP contribution < -0.4 is 0 Å². The highest BCUT2D eigenvalue weighted by molar-refractivity contribution is 7.91. The molecule has 3 aromatic heterocycles. The zero-order chi connectivity index (χ0) is 29.6. The second kappa shape index (κ2) is 11.1.